The third-order valence-corrected chi connectivity index (χ3v) is 6.51. The summed E-state index contributed by atoms with van der Waals surface area (Å²) in [5.74, 6) is -0.104. The summed E-state index contributed by atoms with van der Waals surface area (Å²) in [5, 5.41) is 3.10. The molecular formula is C23H23ClN2O4S. The zero-order valence-corrected chi connectivity index (χ0v) is 19.2. The lowest BCUT2D eigenvalue weighted by Crippen LogP contribution is -2.17. The van der Waals surface area contributed by atoms with E-state index in [2.05, 4.69) is 10.0 Å². The van der Waals surface area contributed by atoms with Crippen LogP contribution in [0.1, 0.15) is 27.0 Å². The highest BCUT2D eigenvalue weighted by molar-refractivity contribution is 7.92. The van der Waals surface area contributed by atoms with Crippen molar-refractivity contribution in [1.82, 2.24) is 0 Å². The minimum Gasteiger partial charge on any atom is -0.496 e. The molecule has 0 aliphatic heterocycles. The number of ether oxygens (including phenoxy) is 1. The molecule has 0 bridgehead atoms. The number of aryl methyl sites for hydroxylation is 3. The van der Waals surface area contributed by atoms with Crippen molar-refractivity contribution >= 4 is 38.9 Å². The second-order valence-electron chi connectivity index (χ2n) is 7.20. The van der Waals surface area contributed by atoms with Crippen LogP contribution in [-0.2, 0) is 10.0 Å². The number of methoxy groups -OCH3 is 1. The molecule has 3 aromatic rings. The lowest BCUT2D eigenvalue weighted by Gasteiger charge is -2.15. The first-order valence-corrected chi connectivity index (χ1v) is 11.3. The molecule has 3 aromatic carbocycles. The average molecular weight is 459 g/mol. The number of amides is 1. The first-order valence-electron chi connectivity index (χ1n) is 9.46. The highest BCUT2D eigenvalue weighted by Gasteiger charge is 2.20. The largest absolute Gasteiger partial charge is 0.496 e. The van der Waals surface area contributed by atoms with Crippen molar-refractivity contribution in [2.45, 2.75) is 25.7 Å². The smallest absolute Gasteiger partial charge is 0.262 e. The standard InChI is InChI=1S/C23H23ClN2O4S/c1-14-5-9-20(16(3)11-14)26-31(28,29)22-13-18(8-6-15(22)2)25-23(27)19-12-17(24)7-10-21(19)30-4/h5-13,26H,1-4H3,(H,25,27). The van der Waals surface area contributed by atoms with E-state index in [1.165, 1.54) is 19.2 Å². The van der Waals surface area contributed by atoms with Gasteiger partial charge in [-0.2, -0.15) is 0 Å². The van der Waals surface area contributed by atoms with Gasteiger partial charge < -0.3 is 10.1 Å². The molecule has 2 N–H and O–H groups in total. The van der Waals surface area contributed by atoms with Crippen LogP contribution in [0.5, 0.6) is 5.75 Å². The van der Waals surface area contributed by atoms with Gasteiger partial charge in [0.05, 0.1) is 23.3 Å². The third kappa shape index (κ3) is 5.18. The summed E-state index contributed by atoms with van der Waals surface area (Å²) in [7, 11) is -2.42. The van der Waals surface area contributed by atoms with Crippen LogP contribution in [0.2, 0.25) is 5.02 Å². The molecule has 0 aliphatic rings. The summed E-state index contributed by atoms with van der Waals surface area (Å²) >= 11 is 6.00. The first kappa shape index (κ1) is 22.7. The molecule has 0 aliphatic carbocycles. The van der Waals surface area contributed by atoms with Crippen molar-refractivity contribution in [2.24, 2.45) is 0 Å². The molecule has 31 heavy (non-hydrogen) atoms. The van der Waals surface area contributed by atoms with Crippen LogP contribution in [0, 0.1) is 20.8 Å². The van der Waals surface area contributed by atoms with E-state index in [4.69, 9.17) is 16.3 Å². The summed E-state index contributed by atoms with van der Waals surface area (Å²) in [5.41, 5.74) is 3.49. The molecule has 0 unspecified atom stereocenters. The van der Waals surface area contributed by atoms with Gasteiger partial charge in [0.15, 0.2) is 0 Å². The second kappa shape index (κ2) is 8.99. The van der Waals surface area contributed by atoms with Crippen LogP contribution in [0.15, 0.2) is 59.5 Å². The zero-order chi connectivity index (χ0) is 22.8. The topological polar surface area (TPSA) is 84.5 Å². The predicted molar refractivity (Wildman–Crippen MR) is 124 cm³/mol. The fourth-order valence-corrected chi connectivity index (χ4v) is 4.73. The van der Waals surface area contributed by atoms with Crippen LogP contribution in [0.3, 0.4) is 0 Å². The predicted octanol–water partition coefficient (Wildman–Crippen LogP) is 5.33. The maximum atomic E-state index is 13.1. The maximum absolute atomic E-state index is 13.1. The van der Waals surface area contributed by atoms with Crippen molar-refractivity contribution in [3.63, 3.8) is 0 Å². The Hall–Kier alpha value is -3.03. The lowest BCUT2D eigenvalue weighted by molar-refractivity contribution is 0.102. The fraction of sp³-hybridized carbons (Fsp3) is 0.174. The second-order valence-corrected chi connectivity index (χ2v) is 9.29. The molecule has 1 amide bonds. The molecular weight excluding hydrogens is 436 g/mol. The highest BCUT2D eigenvalue weighted by Crippen LogP contribution is 2.27. The lowest BCUT2D eigenvalue weighted by atomic mass is 10.1. The Labute approximate surface area is 187 Å². The van der Waals surface area contributed by atoms with E-state index in [9.17, 15) is 13.2 Å². The van der Waals surface area contributed by atoms with E-state index in [0.717, 1.165) is 11.1 Å². The molecule has 0 saturated carbocycles. The molecule has 162 valence electrons. The number of carbonyl (C=O) groups excluding carboxylic acids is 1. The van der Waals surface area contributed by atoms with Gasteiger partial charge in [-0.3, -0.25) is 9.52 Å². The highest BCUT2D eigenvalue weighted by atomic mass is 35.5. The molecule has 8 heteroatoms. The van der Waals surface area contributed by atoms with Gasteiger partial charge in [0.1, 0.15) is 5.75 Å². The van der Waals surface area contributed by atoms with Crippen LogP contribution in [-0.4, -0.2) is 21.4 Å². The van der Waals surface area contributed by atoms with Gasteiger partial charge in [-0.1, -0.05) is 35.4 Å². The zero-order valence-electron chi connectivity index (χ0n) is 17.6. The van der Waals surface area contributed by atoms with Gasteiger partial charge >= 0.3 is 0 Å². The normalized spacial score (nSPS) is 11.1. The van der Waals surface area contributed by atoms with Crippen molar-refractivity contribution in [1.29, 1.82) is 0 Å². The number of rotatable bonds is 6. The van der Waals surface area contributed by atoms with Crippen molar-refractivity contribution < 1.29 is 17.9 Å². The fourth-order valence-electron chi connectivity index (χ4n) is 3.15. The number of sulfonamides is 1. The maximum Gasteiger partial charge on any atom is 0.262 e. The number of halogens is 1. The van der Waals surface area contributed by atoms with Crippen molar-refractivity contribution in [3.05, 3.63) is 81.9 Å². The van der Waals surface area contributed by atoms with E-state index >= 15 is 0 Å². The van der Waals surface area contributed by atoms with Gasteiger partial charge in [-0.15, -0.1) is 0 Å². The number of anilines is 2. The summed E-state index contributed by atoms with van der Waals surface area (Å²) < 4.78 is 34.0. The van der Waals surface area contributed by atoms with Crippen LogP contribution >= 0.6 is 11.6 Å². The Morgan fingerprint density at radius 1 is 0.935 bits per heavy atom. The molecule has 0 saturated heterocycles. The summed E-state index contributed by atoms with van der Waals surface area (Å²) in [6, 6.07) is 14.9. The van der Waals surface area contributed by atoms with E-state index < -0.39 is 15.9 Å². The molecule has 0 radical (unpaired) electrons. The molecule has 0 aromatic heterocycles. The van der Waals surface area contributed by atoms with Crippen molar-refractivity contribution in [2.75, 3.05) is 17.1 Å². The Kier molecular flexibility index (Phi) is 6.57. The van der Waals surface area contributed by atoms with Gasteiger partial charge in [-0.05, 0) is 68.3 Å². The molecule has 0 spiro atoms. The van der Waals surface area contributed by atoms with Gasteiger partial charge in [0, 0.05) is 10.7 Å². The SMILES string of the molecule is COc1ccc(Cl)cc1C(=O)Nc1ccc(C)c(S(=O)(=O)Nc2ccc(C)cc2C)c1. The van der Waals surface area contributed by atoms with Crippen LogP contribution < -0.4 is 14.8 Å². The van der Waals surface area contributed by atoms with E-state index in [1.807, 2.05) is 26.0 Å². The molecule has 3 rings (SSSR count). The van der Waals surface area contributed by atoms with Gasteiger partial charge in [0.2, 0.25) is 0 Å². The number of nitrogens with one attached hydrogen (secondary N) is 2. The molecule has 0 fully saturated rings. The minimum absolute atomic E-state index is 0.0725. The number of benzene rings is 3. The number of hydrogen-bond donors (Lipinski definition) is 2. The molecule has 0 atom stereocenters. The number of hydrogen-bond acceptors (Lipinski definition) is 4. The summed E-state index contributed by atoms with van der Waals surface area (Å²) in [6.07, 6.45) is 0. The Morgan fingerprint density at radius 2 is 1.68 bits per heavy atom. The summed E-state index contributed by atoms with van der Waals surface area (Å²) in [6.45, 7) is 5.48. The Morgan fingerprint density at radius 3 is 2.35 bits per heavy atom. The third-order valence-electron chi connectivity index (χ3n) is 4.77. The first-order chi connectivity index (χ1) is 14.6. The minimum atomic E-state index is -3.87. The Balaban J connectivity index is 1.91. The quantitative estimate of drug-likeness (QED) is 0.523. The molecule has 6 nitrogen and oxygen atoms in total. The van der Waals surface area contributed by atoms with Gasteiger partial charge in [-0.25, -0.2) is 8.42 Å². The monoisotopic (exact) mass is 458 g/mol. The van der Waals surface area contributed by atoms with Gasteiger partial charge in [0.25, 0.3) is 15.9 Å². The van der Waals surface area contributed by atoms with Crippen LogP contribution in [0.4, 0.5) is 11.4 Å². The van der Waals surface area contributed by atoms with E-state index in [0.29, 0.717) is 27.7 Å². The van der Waals surface area contributed by atoms with Crippen molar-refractivity contribution in [3.8, 4) is 5.75 Å². The van der Waals surface area contributed by atoms with Crippen LogP contribution in [0.25, 0.3) is 0 Å². The molecule has 0 heterocycles. The average Bonchev–Trinajstić information content (AvgIpc) is 2.71. The summed E-state index contributed by atoms with van der Waals surface area (Å²) in [4.78, 5) is 12.8. The Bertz CT molecular complexity index is 1260. The van der Waals surface area contributed by atoms with E-state index in [1.54, 1.807) is 37.3 Å². The van der Waals surface area contributed by atoms with E-state index in [-0.39, 0.29) is 10.5 Å². The number of carbonyl (C=O) groups is 1.